The molecule has 0 atom stereocenters. The summed E-state index contributed by atoms with van der Waals surface area (Å²) in [6, 6.07) is 4.82. The average molecular weight is 289 g/mol. The van der Waals surface area contributed by atoms with Gasteiger partial charge >= 0.3 is 0 Å². The van der Waals surface area contributed by atoms with Crippen LogP contribution in [-0.4, -0.2) is 35.7 Å². The molecule has 0 heterocycles. The van der Waals surface area contributed by atoms with E-state index in [1.807, 2.05) is 0 Å². The van der Waals surface area contributed by atoms with Gasteiger partial charge in [0.25, 0.3) is 5.91 Å². The third-order valence-electron chi connectivity index (χ3n) is 2.24. The summed E-state index contributed by atoms with van der Waals surface area (Å²) in [7, 11) is 0. The van der Waals surface area contributed by atoms with Crippen molar-refractivity contribution in [2.75, 3.05) is 30.4 Å². The standard InChI is InChI=1S/C12H17ClN2O2S/c13-9-2-3-10(11(14)8-9)12(17)15-4-7-18-6-1-5-16/h2-3,8,16H,1,4-7,14H2,(H,15,17). The number of amides is 1. The molecule has 6 heteroatoms. The summed E-state index contributed by atoms with van der Waals surface area (Å²) in [5, 5.41) is 11.9. The molecule has 1 amide bonds. The number of aliphatic hydroxyl groups excluding tert-OH is 1. The van der Waals surface area contributed by atoms with Crippen LogP contribution in [0.15, 0.2) is 18.2 Å². The average Bonchev–Trinajstić information content (AvgIpc) is 2.33. The van der Waals surface area contributed by atoms with Crippen LogP contribution in [0.3, 0.4) is 0 Å². The maximum Gasteiger partial charge on any atom is 0.253 e. The molecule has 4 N–H and O–H groups in total. The Morgan fingerprint density at radius 2 is 2.22 bits per heavy atom. The van der Waals surface area contributed by atoms with E-state index in [2.05, 4.69) is 5.32 Å². The first-order valence-corrected chi connectivity index (χ1v) is 7.20. The van der Waals surface area contributed by atoms with Gasteiger partial charge in [-0.15, -0.1) is 0 Å². The highest BCUT2D eigenvalue weighted by Crippen LogP contribution is 2.17. The van der Waals surface area contributed by atoms with Crippen molar-refractivity contribution in [1.82, 2.24) is 5.32 Å². The van der Waals surface area contributed by atoms with Crippen molar-refractivity contribution >= 4 is 35.0 Å². The van der Waals surface area contributed by atoms with Crippen LogP contribution in [0.4, 0.5) is 5.69 Å². The quantitative estimate of drug-likeness (QED) is 0.528. The molecule has 0 spiro atoms. The maximum atomic E-state index is 11.8. The highest BCUT2D eigenvalue weighted by molar-refractivity contribution is 7.99. The number of benzene rings is 1. The molecule has 0 saturated heterocycles. The summed E-state index contributed by atoms with van der Waals surface area (Å²) in [5.74, 6) is 1.53. The molecular weight excluding hydrogens is 272 g/mol. The minimum absolute atomic E-state index is 0.188. The van der Waals surface area contributed by atoms with E-state index in [9.17, 15) is 4.79 Å². The van der Waals surface area contributed by atoms with Crippen molar-refractivity contribution in [3.63, 3.8) is 0 Å². The summed E-state index contributed by atoms with van der Waals surface area (Å²) >= 11 is 7.46. The van der Waals surface area contributed by atoms with Gasteiger partial charge in [0.2, 0.25) is 0 Å². The van der Waals surface area contributed by atoms with Gasteiger partial charge in [-0.25, -0.2) is 0 Å². The zero-order valence-electron chi connectivity index (χ0n) is 9.99. The second kappa shape index (κ2) is 8.24. The molecule has 4 nitrogen and oxygen atoms in total. The van der Waals surface area contributed by atoms with Crippen LogP contribution in [-0.2, 0) is 0 Å². The molecule has 1 aromatic rings. The number of nitrogen functional groups attached to an aromatic ring is 1. The van der Waals surface area contributed by atoms with E-state index in [0.717, 1.165) is 17.9 Å². The fourth-order valence-electron chi connectivity index (χ4n) is 1.34. The van der Waals surface area contributed by atoms with Gasteiger partial charge < -0.3 is 16.2 Å². The van der Waals surface area contributed by atoms with Crippen LogP contribution in [0.25, 0.3) is 0 Å². The van der Waals surface area contributed by atoms with Gasteiger partial charge in [0.1, 0.15) is 0 Å². The highest BCUT2D eigenvalue weighted by Gasteiger charge is 2.08. The normalized spacial score (nSPS) is 10.3. The lowest BCUT2D eigenvalue weighted by molar-refractivity contribution is 0.0957. The Kier molecular flexibility index (Phi) is 6.93. The van der Waals surface area contributed by atoms with E-state index in [0.29, 0.717) is 22.8 Å². The van der Waals surface area contributed by atoms with Gasteiger partial charge in [-0.1, -0.05) is 11.6 Å². The van der Waals surface area contributed by atoms with Gasteiger partial charge in [-0.2, -0.15) is 11.8 Å². The van der Waals surface area contributed by atoms with E-state index in [-0.39, 0.29) is 12.5 Å². The molecule has 0 aliphatic carbocycles. The van der Waals surface area contributed by atoms with Crippen molar-refractivity contribution in [1.29, 1.82) is 0 Å². The van der Waals surface area contributed by atoms with E-state index < -0.39 is 0 Å². The zero-order valence-corrected chi connectivity index (χ0v) is 11.6. The van der Waals surface area contributed by atoms with E-state index >= 15 is 0 Å². The number of anilines is 1. The predicted molar refractivity (Wildman–Crippen MR) is 77.2 cm³/mol. The van der Waals surface area contributed by atoms with Gasteiger partial charge in [0, 0.05) is 29.6 Å². The molecule has 0 bridgehead atoms. The van der Waals surface area contributed by atoms with E-state index in [4.69, 9.17) is 22.4 Å². The van der Waals surface area contributed by atoms with E-state index in [1.165, 1.54) is 0 Å². The van der Waals surface area contributed by atoms with Gasteiger partial charge in [0.15, 0.2) is 0 Å². The number of carbonyl (C=O) groups is 1. The number of halogens is 1. The van der Waals surface area contributed by atoms with Crippen molar-refractivity contribution in [2.45, 2.75) is 6.42 Å². The topological polar surface area (TPSA) is 75.4 Å². The number of hydrogen-bond donors (Lipinski definition) is 3. The van der Waals surface area contributed by atoms with Crippen LogP contribution < -0.4 is 11.1 Å². The predicted octanol–water partition coefficient (Wildman–Crippen LogP) is 1.77. The largest absolute Gasteiger partial charge is 0.398 e. The highest BCUT2D eigenvalue weighted by atomic mass is 35.5. The smallest absolute Gasteiger partial charge is 0.253 e. The van der Waals surface area contributed by atoms with Crippen LogP contribution in [0.5, 0.6) is 0 Å². The number of thioether (sulfide) groups is 1. The number of carbonyl (C=O) groups excluding carboxylic acids is 1. The SMILES string of the molecule is Nc1cc(Cl)ccc1C(=O)NCCSCCCO. The molecule has 1 aromatic carbocycles. The van der Waals surface area contributed by atoms with Crippen LogP contribution >= 0.6 is 23.4 Å². The molecule has 0 aliphatic heterocycles. The number of aliphatic hydroxyl groups is 1. The Balaban J connectivity index is 2.32. The fourth-order valence-corrected chi connectivity index (χ4v) is 2.31. The lowest BCUT2D eigenvalue weighted by Gasteiger charge is -2.07. The van der Waals surface area contributed by atoms with Crippen LogP contribution in [0, 0.1) is 0 Å². The van der Waals surface area contributed by atoms with Crippen LogP contribution in [0.2, 0.25) is 5.02 Å². The first kappa shape index (κ1) is 15.1. The Morgan fingerprint density at radius 3 is 2.89 bits per heavy atom. The second-order valence-electron chi connectivity index (χ2n) is 3.68. The summed E-state index contributed by atoms with van der Waals surface area (Å²) in [4.78, 5) is 11.8. The van der Waals surface area contributed by atoms with Gasteiger partial charge in [0.05, 0.1) is 5.56 Å². The van der Waals surface area contributed by atoms with Crippen molar-refractivity contribution in [2.24, 2.45) is 0 Å². The zero-order chi connectivity index (χ0) is 13.4. The lowest BCUT2D eigenvalue weighted by atomic mass is 10.1. The number of nitrogens with two attached hydrogens (primary N) is 1. The molecule has 18 heavy (non-hydrogen) atoms. The number of hydrogen-bond acceptors (Lipinski definition) is 4. The Labute approximate surface area is 116 Å². The molecule has 100 valence electrons. The summed E-state index contributed by atoms with van der Waals surface area (Å²) in [6.45, 7) is 0.789. The van der Waals surface area contributed by atoms with Crippen LogP contribution in [0.1, 0.15) is 16.8 Å². The second-order valence-corrected chi connectivity index (χ2v) is 5.34. The minimum atomic E-state index is -0.188. The Bertz CT molecular complexity index is 402. The molecule has 0 fully saturated rings. The van der Waals surface area contributed by atoms with Gasteiger partial charge in [-0.3, -0.25) is 4.79 Å². The summed E-state index contributed by atoms with van der Waals surface area (Å²) < 4.78 is 0. The number of nitrogens with one attached hydrogen (secondary N) is 1. The Morgan fingerprint density at radius 1 is 1.44 bits per heavy atom. The third kappa shape index (κ3) is 5.16. The molecule has 0 unspecified atom stereocenters. The first-order chi connectivity index (χ1) is 8.65. The molecular formula is C12H17ClN2O2S. The summed E-state index contributed by atoms with van der Waals surface area (Å²) in [5.41, 5.74) is 6.54. The van der Waals surface area contributed by atoms with E-state index in [1.54, 1.807) is 30.0 Å². The monoisotopic (exact) mass is 288 g/mol. The Hall–Kier alpha value is -0.910. The molecule has 1 rings (SSSR count). The van der Waals surface area contributed by atoms with Gasteiger partial charge in [-0.05, 0) is 30.4 Å². The molecule has 0 saturated carbocycles. The fraction of sp³-hybridized carbons (Fsp3) is 0.417. The lowest BCUT2D eigenvalue weighted by Crippen LogP contribution is -2.26. The van der Waals surface area contributed by atoms with Crippen molar-refractivity contribution in [3.05, 3.63) is 28.8 Å². The summed E-state index contributed by atoms with van der Waals surface area (Å²) in [6.07, 6.45) is 0.781. The molecule has 0 radical (unpaired) electrons. The van der Waals surface area contributed by atoms with Crippen molar-refractivity contribution in [3.8, 4) is 0 Å². The first-order valence-electron chi connectivity index (χ1n) is 5.67. The molecule has 0 aliphatic rings. The number of rotatable bonds is 7. The maximum absolute atomic E-state index is 11.8. The third-order valence-corrected chi connectivity index (χ3v) is 3.54. The minimum Gasteiger partial charge on any atom is -0.398 e. The molecule has 0 aromatic heterocycles. The van der Waals surface area contributed by atoms with Crippen molar-refractivity contribution < 1.29 is 9.90 Å².